The molecule has 1 aliphatic carbocycles. The first kappa shape index (κ1) is 16.3. The van der Waals surface area contributed by atoms with Crippen molar-refractivity contribution in [3.8, 4) is 5.75 Å². The minimum atomic E-state index is -0.370. The molecule has 3 rings (SSSR count). The van der Waals surface area contributed by atoms with Crippen molar-refractivity contribution in [3.05, 3.63) is 53.6 Å². The third kappa shape index (κ3) is 3.50. The summed E-state index contributed by atoms with van der Waals surface area (Å²) in [5, 5.41) is 2.81. The molecule has 0 fully saturated rings. The van der Waals surface area contributed by atoms with Crippen LogP contribution >= 0.6 is 0 Å². The molecule has 0 atom stereocenters. The molecule has 1 aromatic rings. The van der Waals surface area contributed by atoms with Gasteiger partial charge in [0.15, 0.2) is 0 Å². The normalized spacial score (nSPS) is 18.6. The second kappa shape index (κ2) is 6.15. The molecule has 125 valence electrons. The van der Waals surface area contributed by atoms with E-state index in [9.17, 15) is 4.79 Å². The number of nitrogens with zero attached hydrogens (tertiary/aromatic N) is 1. The highest BCUT2D eigenvalue weighted by molar-refractivity contribution is 6.07. The van der Waals surface area contributed by atoms with E-state index in [0.717, 1.165) is 35.3 Å². The van der Waals surface area contributed by atoms with Gasteiger partial charge in [-0.25, -0.2) is 0 Å². The summed E-state index contributed by atoms with van der Waals surface area (Å²) >= 11 is 0. The third-order valence-electron chi connectivity index (χ3n) is 4.11. The average Bonchev–Trinajstić information content (AvgIpc) is 3.35. The van der Waals surface area contributed by atoms with Gasteiger partial charge in [-0.05, 0) is 62.2 Å². The molecule has 0 aromatic heterocycles. The van der Waals surface area contributed by atoms with Crippen LogP contribution in [0.3, 0.4) is 0 Å². The zero-order chi connectivity index (χ0) is 17.3. The standard InChI is InChI=1S/C19H22N3O2/c1-19(2)8-6-14-15(12-4-5-12)10-13(11-16(14)24-19)18(23)22-17(20)7-9-21-3/h4-5,7,9-11,21H,6,8H2,1-3H3,(H2,20,22,23)/b9-7-. The topological polar surface area (TPSA) is 76.7 Å². The lowest BCUT2D eigenvalue weighted by Crippen LogP contribution is -2.33. The molecule has 5 heteroatoms. The number of nitrogens with one attached hydrogen (secondary N) is 1. The van der Waals surface area contributed by atoms with E-state index in [1.165, 1.54) is 0 Å². The Balaban J connectivity index is 1.97. The molecule has 2 aliphatic rings. The van der Waals surface area contributed by atoms with Crippen LogP contribution in [0.5, 0.6) is 5.75 Å². The minimum absolute atomic E-state index is 0.159. The molecule has 1 amide bonds. The molecular formula is C19H22N3O2. The number of amides is 1. The van der Waals surface area contributed by atoms with Gasteiger partial charge in [-0.2, -0.15) is 4.99 Å². The largest absolute Gasteiger partial charge is 0.488 e. The van der Waals surface area contributed by atoms with Crippen LogP contribution in [0, 0.1) is 6.42 Å². The molecule has 0 bridgehead atoms. The molecule has 5 nitrogen and oxygen atoms in total. The first-order valence-corrected chi connectivity index (χ1v) is 8.03. The van der Waals surface area contributed by atoms with Gasteiger partial charge in [-0.15, -0.1) is 0 Å². The van der Waals surface area contributed by atoms with Crippen molar-refractivity contribution in [3.63, 3.8) is 0 Å². The summed E-state index contributed by atoms with van der Waals surface area (Å²) in [4.78, 5) is 16.4. The van der Waals surface area contributed by atoms with E-state index in [0.29, 0.717) is 5.56 Å². The third-order valence-corrected chi connectivity index (χ3v) is 4.11. The highest BCUT2D eigenvalue weighted by Gasteiger charge is 2.30. The van der Waals surface area contributed by atoms with Crippen LogP contribution in [0.15, 0.2) is 35.5 Å². The zero-order valence-electron chi connectivity index (χ0n) is 14.2. The van der Waals surface area contributed by atoms with Crippen molar-refractivity contribution < 1.29 is 9.53 Å². The van der Waals surface area contributed by atoms with Gasteiger partial charge in [-0.1, -0.05) is 6.08 Å². The Morgan fingerprint density at radius 1 is 1.42 bits per heavy atom. The maximum atomic E-state index is 12.5. The minimum Gasteiger partial charge on any atom is -0.488 e. The molecule has 0 unspecified atom stereocenters. The van der Waals surface area contributed by atoms with Gasteiger partial charge in [0.2, 0.25) is 0 Å². The number of fused-ring (bicyclic) bond motifs is 1. The van der Waals surface area contributed by atoms with Crippen molar-refractivity contribution in [1.82, 2.24) is 5.32 Å². The van der Waals surface area contributed by atoms with E-state index in [1.807, 2.05) is 18.6 Å². The average molecular weight is 324 g/mol. The summed E-state index contributed by atoms with van der Waals surface area (Å²) in [5.41, 5.74) is 9.38. The van der Waals surface area contributed by atoms with Gasteiger partial charge in [-0.3, -0.25) is 4.79 Å². The van der Waals surface area contributed by atoms with E-state index < -0.39 is 0 Å². The summed E-state index contributed by atoms with van der Waals surface area (Å²) in [7, 11) is 1.75. The molecular weight excluding hydrogens is 302 g/mol. The van der Waals surface area contributed by atoms with Crippen molar-refractivity contribution >= 4 is 17.3 Å². The Morgan fingerprint density at radius 3 is 2.83 bits per heavy atom. The lowest BCUT2D eigenvalue weighted by molar-refractivity contribution is 0.0839. The molecule has 0 saturated heterocycles. The number of nitrogens with two attached hydrogens (primary N) is 1. The maximum absolute atomic E-state index is 12.5. The maximum Gasteiger partial charge on any atom is 0.279 e. The summed E-state index contributed by atoms with van der Waals surface area (Å²) in [6.07, 6.45) is 9.14. The first-order chi connectivity index (χ1) is 11.4. The van der Waals surface area contributed by atoms with Gasteiger partial charge in [0.05, 0.1) is 0 Å². The van der Waals surface area contributed by atoms with Crippen LogP contribution in [0.1, 0.15) is 41.8 Å². The highest BCUT2D eigenvalue weighted by atomic mass is 16.5. The van der Waals surface area contributed by atoms with E-state index in [4.69, 9.17) is 10.5 Å². The number of benzene rings is 1. The van der Waals surface area contributed by atoms with Gasteiger partial charge >= 0.3 is 0 Å². The fourth-order valence-electron chi connectivity index (χ4n) is 2.76. The Morgan fingerprint density at radius 2 is 2.17 bits per heavy atom. The monoisotopic (exact) mass is 324 g/mol. The van der Waals surface area contributed by atoms with Crippen LogP contribution in [0.25, 0.3) is 5.57 Å². The van der Waals surface area contributed by atoms with Crippen molar-refractivity contribution in [2.75, 3.05) is 7.05 Å². The molecule has 1 aliphatic heterocycles. The molecule has 1 aromatic carbocycles. The number of hydrogen-bond acceptors (Lipinski definition) is 3. The molecule has 3 N–H and O–H groups in total. The summed E-state index contributed by atoms with van der Waals surface area (Å²) < 4.78 is 6.10. The molecule has 24 heavy (non-hydrogen) atoms. The smallest absolute Gasteiger partial charge is 0.279 e. The number of rotatable bonds is 4. The number of carbonyl (C=O) groups is 1. The van der Waals surface area contributed by atoms with Crippen LogP contribution in [0.4, 0.5) is 0 Å². The van der Waals surface area contributed by atoms with E-state index in [-0.39, 0.29) is 17.3 Å². The van der Waals surface area contributed by atoms with Crippen molar-refractivity contribution in [2.24, 2.45) is 10.7 Å². The SMILES string of the molecule is CN/C=C\C(N)=NC(=O)c1cc2c(c(C3=C[CH]3)c1)CCC(C)(C)O2. The lowest BCUT2D eigenvalue weighted by Gasteiger charge is -2.33. The van der Waals surface area contributed by atoms with Crippen molar-refractivity contribution in [2.45, 2.75) is 32.3 Å². The number of hydrogen-bond donors (Lipinski definition) is 2. The number of ether oxygens (including phenoxy) is 1. The quantitative estimate of drug-likeness (QED) is 0.659. The highest BCUT2D eigenvalue weighted by Crippen LogP contribution is 2.42. The predicted octanol–water partition coefficient (Wildman–Crippen LogP) is 2.62. The van der Waals surface area contributed by atoms with E-state index in [2.05, 4.69) is 24.2 Å². The van der Waals surface area contributed by atoms with Crippen molar-refractivity contribution in [1.29, 1.82) is 0 Å². The van der Waals surface area contributed by atoms with Gasteiger partial charge in [0.1, 0.15) is 17.2 Å². The zero-order valence-corrected chi connectivity index (χ0v) is 14.2. The van der Waals surface area contributed by atoms with E-state index in [1.54, 1.807) is 25.4 Å². The van der Waals surface area contributed by atoms with Gasteiger partial charge < -0.3 is 15.8 Å². The second-order valence-corrected chi connectivity index (χ2v) is 6.61. The molecule has 1 radical (unpaired) electrons. The number of aliphatic imine (C=N–C) groups is 1. The van der Waals surface area contributed by atoms with Crippen LogP contribution in [-0.4, -0.2) is 24.4 Å². The number of allylic oxidation sites excluding steroid dienone is 2. The number of amidine groups is 1. The Labute approximate surface area is 142 Å². The van der Waals surface area contributed by atoms with Gasteiger partial charge in [0.25, 0.3) is 5.91 Å². The van der Waals surface area contributed by atoms with Gasteiger partial charge in [0, 0.05) is 24.6 Å². The fraction of sp³-hybridized carbons (Fsp3) is 0.316. The Bertz CT molecular complexity index is 773. The van der Waals surface area contributed by atoms with Crippen LogP contribution in [0.2, 0.25) is 0 Å². The Kier molecular flexibility index (Phi) is 4.18. The van der Waals surface area contributed by atoms with Crippen LogP contribution < -0.4 is 15.8 Å². The summed E-state index contributed by atoms with van der Waals surface area (Å²) in [6.45, 7) is 4.12. The molecule has 0 saturated carbocycles. The molecule has 1 heterocycles. The Hall–Kier alpha value is -2.56. The number of carbonyl (C=O) groups excluding carboxylic acids is 1. The lowest BCUT2D eigenvalue weighted by atomic mass is 9.89. The second-order valence-electron chi connectivity index (χ2n) is 6.61. The summed E-state index contributed by atoms with van der Waals surface area (Å²) in [6, 6.07) is 3.67. The van der Waals surface area contributed by atoms with Crippen LogP contribution in [-0.2, 0) is 6.42 Å². The predicted molar refractivity (Wildman–Crippen MR) is 95.9 cm³/mol. The first-order valence-electron chi connectivity index (χ1n) is 8.03. The fourth-order valence-corrected chi connectivity index (χ4v) is 2.76. The summed E-state index contributed by atoms with van der Waals surface area (Å²) in [5.74, 6) is 0.561. The molecule has 0 spiro atoms. The van der Waals surface area contributed by atoms with E-state index >= 15 is 0 Å².